The number of benzene rings is 1. The summed E-state index contributed by atoms with van der Waals surface area (Å²) in [6, 6.07) is 5.00. The summed E-state index contributed by atoms with van der Waals surface area (Å²) in [4.78, 5) is 2.24. The molecule has 0 aliphatic carbocycles. The van der Waals surface area contributed by atoms with Crippen LogP contribution < -0.4 is 10.6 Å². The van der Waals surface area contributed by atoms with Gasteiger partial charge in [-0.1, -0.05) is 6.92 Å². The Morgan fingerprint density at radius 2 is 2.05 bits per heavy atom. The third kappa shape index (κ3) is 4.18. The van der Waals surface area contributed by atoms with E-state index in [1.54, 1.807) is 7.11 Å². The van der Waals surface area contributed by atoms with Gasteiger partial charge in [0.05, 0.1) is 6.61 Å². The number of ether oxygens (including phenoxy) is 1. The van der Waals surface area contributed by atoms with Crippen molar-refractivity contribution in [2.75, 3.05) is 25.2 Å². The Morgan fingerprint density at radius 1 is 1.37 bits per heavy atom. The van der Waals surface area contributed by atoms with Crippen molar-refractivity contribution in [1.82, 2.24) is 0 Å². The van der Waals surface area contributed by atoms with Crippen LogP contribution in [0, 0.1) is 5.82 Å². The first-order valence-electron chi connectivity index (χ1n) is 6.81. The van der Waals surface area contributed by atoms with E-state index in [1.807, 2.05) is 13.0 Å². The topological polar surface area (TPSA) is 38.5 Å². The van der Waals surface area contributed by atoms with Crippen LogP contribution in [0.5, 0.6) is 0 Å². The van der Waals surface area contributed by atoms with Gasteiger partial charge in [0, 0.05) is 31.4 Å². The molecule has 0 bridgehead atoms. The molecule has 2 N–H and O–H groups in total. The van der Waals surface area contributed by atoms with Gasteiger partial charge in [-0.3, -0.25) is 0 Å². The number of hydrogen-bond donors (Lipinski definition) is 1. The van der Waals surface area contributed by atoms with Crippen LogP contribution in [0.25, 0.3) is 0 Å². The molecule has 0 aromatic heterocycles. The molecular weight excluding hydrogens is 243 g/mol. The fourth-order valence-electron chi connectivity index (χ4n) is 2.14. The highest BCUT2D eigenvalue weighted by molar-refractivity contribution is 5.55. The summed E-state index contributed by atoms with van der Waals surface area (Å²) in [5.74, 6) is -0.244. The van der Waals surface area contributed by atoms with E-state index in [1.165, 1.54) is 12.1 Å². The Kier molecular flexibility index (Phi) is 6.25. The first-order valence-corrected chi connectivity index (χ1v) is 6.81. The Bertz CT molecular complexity index is 396. The minimum absolute atomic E-state index is 0.195. The van der Waals surface area contributed by atoms with Crippen LogP contribution in [0.3, 0.4) is 0 Å². The van der Waals surface area contributed by atoms with Crippen LogP contribution in [0.1, 0.15) is 38.8 Å². The van der Waals surface area contributed by atoms with E-state index in [0.29, 0.717) is 12.6 Å². The number of anilines is 1. The lowest BCUT2D eigenvalue weighted by Gasteiger charge is -2.33. The molecule has 2 atom stereocenters. The van der Waals surface area contributed by atoms with Gasteiger partial charge in [0.1, 0.15) is 5.82 Å². The van der Waals surface area contributed by atoms with Crippen molar-refractivity contribution in [3.05, 3.63) is 29.6 Å². The van der Waals surface area contributed by atoms with Gasteiger partial charge in [0.2, 0.25) is 0 Å². The van der Waals surface area contributed by atoms with Crippen molar-refractivity contribution in [2.45, 2.75) is 39.3 Å². The molecule has 4 heteroatoms. The third-order valence-electron chi connectivity index (χ3n) is 3.45. The minimum Gasteiger partial charge on any atom is -0.383 e. The van der Waals surface area contributed by atoms with Gasteiger partial charge in [-0.25, -0.2) is 4.39 Å². The third-order valence-corrected chi connectivity index (χ3v) is 3.45. The minimum atomic E-state index is -0.244. The molecule has 1 aromatic rings. The van der Waals surface area contributed by atoms with Crippen molar-refractivity contribution in [3.63, 3.8) is 0 Å². The lowest BCUT2D eigenvalue weighted by atomic mass is 10.0. The summed E-state index contributed by atoms with van der Waals surface area (Å²) in [6.07, 6.45) is 1.01. The molecule has 0 aliphatic heterocycles. The maximum absolute atomic E-state index is 13.4. The summed E-state index contributed by atoms with van der Waals surface area (Å²) in [5.41, 5.74) is 7.81. The van der Waals surface area contributed by atoms with Crippen LogP contribution in [-0.2, 0) is 4.74 Å². The highest BCUT2D eigenvalue weighted by Crippen LogP contribution is 2.28. The zero-order valence-electron chi connectivity index (χ0n) is 12.3. The zero-order valence-corrected chi connectivity index (χ0v) is 12.3. The molecular formula is C15H25FN2O. The fourth-order valence-corrected chi connectivity index (χ4v) is 2.14. The van der Waals surface area contributed by atoms with Crippen molar-refractivity contribution in [2.24, 2.45) is 5.73 Å². The van der Waals surface area contributed by atoms with Gasteiger partial charge in [-0.15, -0.1) is 0 Å². The van der Waals surface area contributed by atoms with E-state index < -0.39 is 0 Å². The average molecular weight is 268 g/mol. The van der Waals surface area contributed by atoms with Crippen molar-refractivity contribution < 1.29 is 9.13 Å². The predicted molar refractivity (Wildman–Crippen MR) is 78.0 cm³/mol. The molecule has 0 saturated heterocycles. The van der Waals surface area contributed by atoms with Gasteiger partial charge in [-0.05, 0) is 44.0 Å². The molecule has 0 saturated carbocycles. The average Bonchev–Trinajstić information content (AvgIpc) is 2.39. The van der Waals surface area contributed by atoms with Gasteiger partial charge >= 0.3 is 0 Å². The molecule has 0 radical (unpaired) electrons. The molecule has 0 aliphatic rings. The summed E-state index contributed by atoms with van der Waals surface area (Å²) >= 11 is 0. The van der Waals surface area contributed by atoms with Gasteiger partial charge < -0.3 is 15.4 Å². The summed E-state index contributed by atoms with van der Waals surface area (Å²) in [5, 5.41) is 0. The van der Waals surface area contributed by atoms with Crippen LogP contribution in [0.4, 0.5) is 10.1 Å². The maximum Gasteiger partial charge on any atom is 0.123 e. The first kappa shape index (κ1) is 15.9. The first-order chi connectivity index (χ1) is 9.01. The number of halogens is 1. The van der Waals surface area contributed by atoms with E-state index in [9.17, 15) is 4.39 Å². The molecule has 1 unspecified atom stereocenters. The molecule has 108 valence electrons. The van der Waals surface area contributed by atoms with Gasteiger partial charge in [0.25, 0.3) is 0 Å². The lowest BCUT2D eigenvalue weighted by molar-refractivity contribution is 0.203. The summed E-state index contributed by atoms with van der Waals surface area (Å²) in [6.45, 7) is 7.59. The maximum atomic E-state index is 13.4. The molecule has 3 nitrogen and oxygen atoms in total. The number of hydrogen-bond acceptors (Lipinski definition) is 3. The second-order valence-corrected chi connectivity index (χ2v) is 4.94. The molecule has 0 fully saturated rings. The quantitative estimate of drug-likeness (QED) is 0.826. The van der Waals surface area contributed by atoms with Crippen molar-refractivity contribution in [1.29, 1.82) is 0 Å². The van der Waals surface area contributed by atoms with E-state index in [0.717, 1.165) is 24.2 Å². The fraction of sp³-hybridized carbons (Fsp3) is 0.600. The molecule has 1 aromatic carbocycles. The van der Waals surface area contributed by atoms with Crippen LogP contribution in [0.2, 0.25) is 0 Å². The molecule has 0 spiro atoms. The molecule has 19 heavy (non-hydrogen) atoms. The molecule has 1 rings (SSSR count). The Hall–Kier alpha value is -1.13. The Morgan fingerprint density at radius 3 is 2.58 bits per heavy atom. The summed E-state index contributed by atoms with van der Waals surface area (Å²) < 4.78 is 18.6. The largest absolute Gasteiger partial charge is 0.383 e. The Labute approximate surface area is 115 Å². The van der Waals surface area contributed by atoms with Crippen LogP contribution in [0.15, 0.2) is 18.2 Å². The smallest absolute Gasteiger partial charge is 0.123 e. The second kappa shape index (κ2) is 7.46. The van der Waals surface area contributed by atoms with Gasteiger partial charge in [-0.2, -0.15) is 0 Å². The van der Waals surface area contributed by atoms with Gasteiger partial charge in [0.15, 0.2) is 0 Å². The number of rotatable bonds is 7. The standard InChI is InChI=1S/C15H25FN2O/c1-5-11(2)18(8-9-19-4)15-7-6-13(16)10-14(15)12(3)17/h6-7,10-12H,5,8-9,17H2,1-4H3/t11?,12-/m1/s1. The second-order valence-electron chi connectivity index (χ2n) is 4.94. The zero-order chi connectivity index (χ0) is 14.4. The predicted octanol–water partition coefficient (Wildman–Crippen LogP) is 3.10. The monoisotopic (exact) mass is 268 g/mol. The van der Waals surface area contributed by atoms with Crippen molar-refractivity contribution in [3.8, 4) is 0 Å². The summed E-state index contributed by atoms with van der Waals surface area (Å²) in [7, 11) is 1.69. The number of nitrogens with two attached hydrogens (primary N) is 1. The normalized spacial score (nSPS) is 14.2. The highest BCUT2D eigenvalue weighted by atomic mass is 19.1. The SMILES string of the molecule is CCC(C)N(CCOC)c1ccc(F)cc1[C@@H](C)N. The van der Waals surface area contributed by atoms with E-state index in [-0.39, 0.29) is 11.9 Å². The van der Waals surface area contributed by atoms with E-state index in [2.05, 4.69) is 18.7 Å². The van der Waals surface area contributed by atoms with E-state index in [4.69, 9.17) is 10.5 Å². The Balaban J connectivity index is 3.13. The number of nitrogens with zero attached hydrogens (tertiary/aromatic N) is 1. The van der Waals surface area contributed by atoms with Crippen LogP contribution >= 0.6 is 0 Å². The van der Waals surface area contributed by atoms with Crippen molar-refractivity contribution >= 4 is 5.69 Å². The molecule has 0 amide bonds. The molecule has 0 heterocycles. The van der Waals surface area contributed by atoms with Crippen LogP contribution in [-0.4, -0.2) is 26.3 Å². The lowest BCUT2D eigenvalue weighted by Crippen LogP contribution is -2.36. The van der Waals surface area contributed by atoms with E-state index >= 15 is 0 Å². The highest BCUT2D eigenvalue weighted by Gasteiger charge is 2.18. The number of methoxy groups -OCH3 is 1.